The van der Waals surface area contributed by atoms with E-state index in [1.54, 1.807) is 18.1 Å². The van der Waals surface area contributed by atoms with Gasteiger partial charge in [0.15, 0.2) is 0 Å². The minimum absolute atomic E-state index is 0.00366. The van der Waals surface area contributed by atoms with Crippen molar-refractivity contribution in [1.29, 1.82) is 0 Å². The Balaban J connectivity index is 1.53. The quantitative estimate of drug-likeness (QED) is 0.770. The Morgan fingerprint density at radius 2 is 2.00 bits per heavy atom. The first-order valence-electron chi connectivity index (χ1n) is 8.11. The fraction of sp³-hybridized carbons (Fsp3) is 0.222. The second kappa shape index (κ2) is 6.47. The molecule has 0 bridgehead atoms. The van der Waals surface area contributed by atoms with E-state index in [1.165, 1.54) is 12.3 Å². The Morgan fingerprint density at radius 1 is 1.19 bits per heavy atom. The molecule has 8 nitrogen and oxygen atoms in total. The molecule has 0 spiro atoms. The molecule has 3 heterocycles. The Bertz CT molecular complexity index is 972. The van der Waals surface area contributed by atoms with Gasteiger partial charge in [-0.2, -0.15) is 4.98 Å². The number of carbonyl (C=O) groups is 1. The summed E-state index contributed by atoms with van der Waals surface area (Å²) in [5, 5.41) is 3.95. The first-order chi connectivity index (χ1) is 12.6. The Labute approximate surface area is 148 Å². The van der Waals surface area contributed by atoms with E-state index in [-0.39, 0.29) is 17.4 Å². The van der Waals surface area contributed by atoms with Crippen LogP contribution in [0.3, 0.4) is 0 Å². The van der Waals surface area contributed by atoms with Gasteiger partial charge in [-0.1, -0.05) is 5.16 Å². The molecular formula is C18H16N4O4. The van der Waals surface area contributed by atoms with E-state index < -0.39 is 0 Å². The van der Waals surface area contributed by atoms with Crippen molar-refractivity contribution in [3.05, 3.63) is 58.8 Å². The van der Waals surface area contributed by atoms with Gasteiger partial charge in [-0.05, 0) is 30.3 Å². The van der Waals surface area contributed by atoms with Gasteiger partial charge in [0.05, 0.1) is 13.0 Å². The van der Waals surface area contributed by atoms with Gasteiger partial charge >= 0.3 is 0 Å². The van der Waals surface area contributed by atoms with E-state index in [0.717, 1.165) is 11.4 Å². The van der Waals surface area contributed by atoms with Crippen molar-refractivity contribution in [3.63, 3.8) is 0 Å². The lowest BCUT2D eigenvalue weighted by Crippen LogP contribution is -2.24. The number of nitrogens with zero attached hydrogens (tertiary/aromatic N) is 3. The summed E-state index contributed by atoms with van der Waals surface area (Å²) in [5.74, 6) is 1.36. The molecule has 3 aromatic rings. The maximum atomic E-state index is 12.4. The summed E-state index contributed by atoms with van der Waals surface area (Å²) >= 11 is 0. The normalized spacial score (nSPS) is 16.9. The van der Waals surface area contributed by atoms with E-state index >= 15 is 0 Å². The molecule has 1 aromatic carbocycles. The zero-order valence-corrected chi connectivity index (χ0v) is 14.0. The number of ether oxygens (including phenoxy) is 1. The third-order valence-corrected chi connectivity index (χ3v) is 4.34. The highest BCUT2D eigenvalue weighted by molar-refractivity contribution is 5.96. The predicted octanol–water partition coefficient (Wildman–Crippen LogP) is 1.95. The molecule has 1 saturated heterocycles. The number of carbonyl (C=O) groups excluding carboxylic acids is 1. The lowest BCUT2D eigenvalue weighted by atomic mass is 10.1. The van der Waals surface area contributed by atoms with Crippen LogP contribution in [0.2, 0.25) is 0 Å². The number of aromatic nitrogens is 3. The van der Waals surface area contributed by atoms with Crippen LogP contribution in [0.25, 0.3) is 11.4 Å². The Hall–Kier alpha value is -3.42. The third-order valence-electron chi connectivity index (χ3n) is 4.34. The SMILES string of the molecule is COc1ccc(N2CC(c3nc(-c4ccc(=O)[nH]c4)no3)CC2=O)cc1. The number of anilines is 1. The van der Waals surface area contributed by atoms with Gasteiger partial charge in [-0.3, -0.25) is 9.59 Å². The largest absolute Gasteiger partial charge is 0.497 e. The third kappa shape index (κ3) is 2.97. The number of aromatic amines is 1. The minimum Gasteiger partial charge on any atom is -0.497 e. The van der Waals surface area contributed by atoms with E-state index in [9.17, 15) is 9.59 Å². The van der Waals surface area contributed by atoms with Gasteiger partial charge in [0.2, 0.25) is 23.2 Å². The molecule has 8 heteroatoms. The second-order valence-electron chi connectivity index (χ2n) is 6.00. The summed E-state index contributed by atoms with van der Waals surface area (Å²) < 4.78 is 10.5. The highest BCUT2D eigenvalue weighted by Gasteiger charge is 2.35. The summed E-state index contributed by atoms with van der Waals surface area (Å²) in [6.07, 6.45) is 1.83. The number of H-pyrrole nitrogens is 1. The van der Waals surface area contributed by atoms with Gasteiger partial charge in [-0.25, -0.2) is 0 Å². The van der Waals surface area contributed by atoms with Crippen molar-refractivity contribution < 1.29 is 14.1 Å². The zero-order valence-electron chi connectivity index (χ0n) is 14.0. The Kier molecular flexibility index (Phi) is 4.00. The second-order valence-corrected chi connectivity index (χ2v) is 6.00. The molecule has 1 unspecified atom stereocenters. The van der Waals surface area contributed by atoms with Gasteiger partial charge in [0, 0.05) is 36.5 Å². The van der Waals surface area contributed by atoms with Crippen molar-refractivity contribution in [1.82, 2.24) is 15.1 Å². The highest BCUT2D eigenvalue weighted by atomic mass is 16.5. The maximum Gasteiger partial charge on any atom is 0.247 e. The average molecular weight is 352 g/mol. The Morgan fingerprint density at radius 3 is 2.69 bits per heavy atom. The number of hydrogen-bond donors (Lipinski definition) is 1. The molecule has 1 aliphatic heterocycles. The molecule has 1 fully saturated rings. The van der Waals surface area contributed by atoms with Crippen molar-refractivity contribution >= 4 is 11.6 Å². The molecule has 4 rings (SSSR count). The lowest BCUT2D eigenvalue weighted by molar-refractivity contribution is -0.117. The van der Waals surface area contributed by atoms with Crippen molar-refractivity contribution in [3.8, 4) is 17.1 Å². The molecule has 0 aliphatic carbocycles. The van der Waals surface area contributed by atoms with E-state index in [1.807, 2.05) is 24.3 Å². The number of benzene rings is 1. The number of pyridine rings is 1. The predicted molar refractivity (Wildman–Crippen MR) is 93.1 cm³/mol. The van der Waals surface area contributed by atoms with Crippen molar-refractivity contribution in [2.24, 2.45) is 0 Å². The molecule has 1 amide bonds. The van der Waals surface area contributed by atoms with Crippen LogP contribution in [0.4, 0.5) is 5.69 Å². The molecule has 2 aromatic heterocycles. The van der Waals surface area contributed by atoms with Crippen LogP contribution in [-0.4, -0.2) is 34.7 Å². The minimum atomic E-state index is -0.200. The van der Waals surface area contributed by atoms with Crippen molar-refractivity contribution in [2.75, 3.05) is 18.6 Å². The number of amides is 1. The smallest absolute Gasteiger partial charge is 0.247 e. The number of nitrogens with one attached hydrogen (secondary N) is 1. The zero-order chi connectivity index (χ0) is 18.1. The number of methoxy groups -OCH3 is 1. The van der Waals surface area contributed by atoms with Crippen LogP contribution in [0, 0.1) is 0 Å². The van der Waals surface area contributed by atoms with Crippen LogP contribution >= 0.6 is 0 Å². The van der Waals surface area contributed by atoms with Gasteiger partial charge in [0.25, 0.3) is 0 Å². The summed E-state index contributed by atoms with van der Waals surface area (Å²) in [7, 11) is 1.60. The fourth-order valence-electron chi connectivity index (χ4n) is 2.95. The van der Waals surface area contributed by atoms with E-state index in [0.29, 0.717) is 30.2 Å². The molecule has 26 heavy (non-hydrogen) atoms. The van der Waals surface area contributed by atoms with Crippen LogP contribution in [0.5, 0.6) is 5.75 Å². The fourth-order valence-corrected chi connectivity index (χ4v) is 2.95. The van der Waals surface area contributed by atoms with Crippen molar-refractivity contribution in [2.45, 2.75) is 12.3 Å². The van der Waals surface area contributed by atoms with Gasteiger partial charge in [0.1, 0.15) is 5.75 Å². The standard InChI is InChI=1S/C18H16N4O4/c1-25-14-5-3-13(4-6-14)22-10-12(8-16(22)24)18-20-17(21-26-18)11-2-7-15(23)19-9-11/h2-7,9,12H,8,10H2,1H3,(H,19,23). The summed E-state index contributed by atoms with van der Waals surface area (Å²) in [6.45, 7) is 0.471. The monoisotopic (exact) mass is 352 g/mol. The van der Waals surface area contributed by atoms with Crippen LogP contribution in [0.15, 0.2) is 51.9 Å². The van der Waals surface area contributed by atoms with Crippen LogP contribution < -0.4 is 15.2 Å². The first kappa shape index (κ1) is 16.1. The molecule has 0 saturated carbocycles. The van der Waals surface area contributed by atoms with Crippen LogP contribution in [0.1, 0.15) is 18.2 Å². The van der Waals surface area contributed by atoms with E-state index in [4.69, 9.17) is 9.26 Å². The highest BCUT2D eigenvalue weighted by Crippen LogP contribution is 2.32. The topological polar surface area (TPSA) is 101 Å². The van der Waals surface area contributed by atoms with Gasteiger partial charge in [-0.15, -0.1) is 0 Å². The molecule has 1 N–H and O–H groups in total. The maximum absolute atomic E-state index is 12.4. The first-order valence-corrected chi connectivity index (χ1v) is 8.11. The number of hydrogen-bond acceptors (Lipinski definition) is 6. The molecule has 1 aliphatic rings. The summed E-state index contributed by atoms with van der Waals surface area (Å²) in [6, 6.07) is 10.3. The van der Waals surface area contributed by atoms with E-state index in [2.05, 4.69) is 15.1 Å². The molecular weight excluding hydrogens is 336 g/mol. The average Bonchev–Trinajstić information content (AvgIpc) is 3.29. The van der Waals surface area contributed by atoms with Crippen LogP contribution in [-0.2, 0) is 4.79 Å². The molecule has 132 valence electrons. The van der Waals surface area contributed by atoms with Gasteiger partial charge < -0.3 is 19.1 Å². The lowest BCUT2D eigenvalue weighted by Gasteiger charge is -2.16. The number of rotatable bonds is 4. The summed E-state index contributed by atoms with van der Waals surface area (Å²) in [5.41, 5.74) is 1.25. The molecule has 0 radical (unpaired) electrons. The summed E-state index contributed by atoms with van der Waals surface area (Å²) in [4.78, 5) is 32.2. The molecule has 1 atom stereocenters.